The smallest absolute Gasteiger partial charge is 0.343 e. The van der Waals surface area contributed by atoms with Crippen molar-refractivity contribution in [3.8, 4) is 11.8 Å². The topological polar surface area (TPSA) is 120 Å². The Morgan fingerprint density at radius 1 is 1.00 bits per heavy atom. The van der Waals surface area contributed by atoms with Gasteiger partial charge in [-0.05, 0) is 80.0 Å². The van der Waals surface area contributed by atoms with Crippen molar-refractivity contribution in [2.24, 2.45) is 5.92 Å². The van der Waals surface area contributed by atoms with Gasteiger partial charge in [-0.25, -0.2) is 13.2 Å². The van der Waals surface area contributed by atoms with E-state index in [1.54, 1.807) is 18.2 Å². The van der Waals surface area contributed by atoms with Crippen LogP contribution in [0.3, 0.4) is 0 Å². The number of hydrogen-bond donors (Lipinski definition) is 2. The molecule has 7 nitrogen and oxygen atoms in total. The molecule has 188 valence electrons. The van der Waals surface area contributed by atoms with Crippen LogP contribution >= 0.6 is 0 Å². The average molecular weight is 551 g/mol. The van der Waals surface area contributed by atoms with Gasteiger partial charge in [0.2, 0.25) is 0 Å². The van der Waals surface area contributed by atoms with Crippen molar-refractivity contribution < 1.29 is 17.9 Å². The fourth-order valence-corrected chi connectivity index (χ4v) is 6.17. The van der Waals surface area contributed by atoms with Crippen molar-refractivity contribution in [3.63, 3.8) is 0 Å². The quantitative estimate of drug-likeness (QED) is 0.438. The molecule has 1 atom stereocenters. The van der Waals surface area contributed by atoms with E-state index in [4.69, 9.17) is 9.68 Å². The number of aryl methyl sites for hydroxylation is 1. The van der Waals surface area contributed by atoms with Crippen molar-refractivity contribution in [2.45, 2.75) is 62.2 Å². The zero-order valence-electron chi connectivity index (χ0n) is 21.9. The van der Waals surface area contributed by atoms with E-state index in [1.165, 1.54) is 24.3 Å². The molecule has 0 bridgehead atoms. The van der Waals surface area contributed by atoms with Crippen LogP contribution in [0.25, 0.3) is 0 Å². The number of aromatic hydroxyl groups is 1. The second-order valence-electron chi connectivity index (χ2n) is 9.65. The van der Waals surface area contributed by atoms with E-state index in [0.29, 0.717) is 29.9 Å². The molecule has 0 saturated heterocycles. The summed E-state index contributed by atoms with van der Waals surface area (Å²) in [6.07, 6.45) is 7.21. The van der Waals surface area contributed by atoms with Gasteiger partial charge in [-0.3, -0.25) is 4.72 Å². The Bertz CT molecular complexity index is 1490. The molecule has 1 heterocycles. The van der Waals surface area contributed by atoms with E-state index in [2.05, 4.69) is 4.72 Å². The minimum atomic E-state index is -3.87. The standard InChI is InChI=1S/C28H28N2O5S.2Na/c29-17-18-10-14-22(15-11-18)36(33,34)30-21-7-5-6-20(16-21)25(19-12-13-19)26-27(31)23-8-3-1-2-4-9-24(23)35-28(26)32;;/h5-7,10-11,14-16,19,25,30-31H,1-4,8-9,12-13H2;;. The molecule has 0 amide bonds. The predicted octanol–water partition coefficient (Wildman–Crippen LogP) is 4.46. The summed E-state index contributed by atoms with van der Waals surface area (Å²) < 4.78 is 34.2. The summed E-state index contributed by atoms with van der Waals surface area (Å²) >= 11 is 0. The summed E-state index contributed by atoms with van der Waals surface area (Å²) in [5.74, 6) is 0.440. The van der Waals surface area contributed by atoms with E-state index in [-0.39, 0.29) is 87.2 Å². The number of benzene rings is 2. The van der Waals surface area contributed by atoms with Crippen molar-refractivity contribution in [1.29, 1.82) is 5.26 Å². The maximum atomic E-state index is 13.1. The Labute approximate surface area is 267 Å². The van der Waals surface area contributed by atoms with Crippen LogP contribution in [0.4, 0.5) is 5.69 Å². The number of nitrogens with zero attached hydrogens (tertiary/aromatic N) is 1. The normalized spacial score (nSPS) is 15.9. The van der Waals surface area contributed by atoms with Gasteiger partial charge in [-0.2, -0.15) is 5.26 Å². The molecule has 2 radical (unpaired) electrons. The summed E-state index contributed by atoms with van der Waals surface area (Å²) in [5.41, 5.74) is 2.01. The maximum absolute atomic E-state index is 13.1. The number of rotatable bonds is 6. The van der Waals surface area contributed by atoms with Crippen LogP contribution in [0.1, 0.15) is 72.5 Å². The first-order valence-electron chi connectivity index (χ1n) is 12.4. The van der Waals surface area contributed by atoms with Crippen molar-refractivity contribution in [3.05, 3.63) is 87.0 Å². The van der Waals surface area contributed by atoms with Crippen molar-refractivity contribution >= 4 is 74.8 Å². The molecule has 2 N–H and O–H groups in total. The Kier molecular flexibility index (Phi) is 10.7. The number of anilines is 1. The Hall–Kier alpha value is -1.57. The summed E-state index contributed by atoms with van der Waals surface area (Å²) in [4.78, 5) is 13.2. The molecule has 5 rings (SSSR count). The third-order valence-corrected chi connectivity index (χ3v) is 8.49. The van der Waals surface area contributed by atoms with Gasteiger partial charge < -0.3 is 9.52 Å². The van der Waals surface area contributed by atoms with Crippen LogP contribution < -0.4 is 10.3 Å². The molecule has 1 saturated carbocycles. The first kappa shape index (κ1) is 31.0. The van der Waals surface area contributed by atoms with Gasteiger partial charge in [0.25, 0.3) is 10.0 Å². The second kappa shape index (κ2) is 13.2. The van der Waals surface area contributed by atoms with Crippen molar-refractivity contribution in [2.75, 3.05) is 4.72 Å². The van der Waals surface area contributed by atoms with Gasteiger partial charge in [0.05, 0.1) is 22.1 Å². The number of fused-ring (bicyclic) bond motifs is 1. The fourth-order valence-electron chi connectivity index (χ4n) is 5.12. The SMILES string of the molecule is N#Cc1ccc(S(=O)(=O)Nc2cccc(C(c3c(O)c4c(oc3=O)CCCCCC4)C3CC3)c2)cc1.[Na].[Na]. The van der Waals surface area contributed by atoms with E-state index in [1.807, 2.05) is 12.1 Å². The molecule has 10 heteroatoms. The number of sulfonamides is 1. The second-order valence-corrected chi connectivity index (χ2v) is 11.3. The van der Waals surface area contributed by atoms with E-state index in [0.717, 1.165) is 49.7 Å². The molecule has 2 aliphatic rings. The zero-order valence-corrected chi connectivity index (χ0v) is 26.7. The first-order valence-corrected chi connectivity index (χ1v) is 13.9. The third kappa shape index (κ3) is 6.76. The van der Waals surface area contributed by atoms with Crippen LogP contribution in [-0.4, -0.2) is 72.6 Å². The minimum Gasteiger partial charge on any atom is -0.507 e. The van der Waals surface area contributed by atoms with Gasteiger partial charge in [-0.1, -0.05) is 25.0 Å². The fraction of sp³-hybridized carbons (Fsp3) is 0.357. The zero-order chi connectivity index (χ0) is 25.3. The maximum Gasteiger partial charge on any atom is 0.343 e. The van der Waals surface area contributed by atoms with Crippen LogP contribution in [0, 0.1) is 17.2 Å². The Morgan fingerprint density at radius 2 is 1.68 bits per heavy atom. The molecular formula is C28H28N2Na2O5S. The molecule has 0 spiro atoms. The minimum absolute atomic E-state index is 0. The summed E-state index contributed by atoms with van der Waals surface area (Å²) in [5, 5.41) is 20.3. The van der Waals surface area contributed by atoms with Gasteiger partial charge in [-0.15, -0.1) is 0 Å². The first-order chi connectivity index (χ1) is 17.4. The molecule has 1 fully saturated rings. The van der Waals surface area contributed by atoms with Crippen LogP contribution in [0.5, 0.6) is 5.75 Å². The van der Waals surface area contributed by atoms with Gasteiger partial charge in [0.1, 0.15) is 11.5 Å². The van der Waals surface area contributed by atoms with Crippen LogP contribution in [0.15, 0.2) is 62.6 Å². The third-order valence-electron chi connectivity index (χ3n) is 7.09. The summed E-state index contributed by atoms with van der Waals surface area (Å²) in [6.45, 7) is 0. The number of hydrogen-bond acceptors (Lipinski definition) is 6. The van der Waals surface area contributed by atoms with Crippen molar-refractivity contribution in [1.82, 2.24) is 0 Å². The molecule has 1 aromatic heterocycles. The monoisotopic (exact) mass is 550 g/mol. The van der Waals surface area contributed by atoms with E-state index in [9.17, 15) is 18.3 Å². The Morgan fingerprint density at radius 3 is 2.34 bits per heavy atom. The number of nitriles is 1. The average Bonchev–Trinajstić information content (AvgIpc) is 3.68. The predicted molar refractivity (Wildman–Crippen MR) is 147 cm³/mol. The molecule has 1 unspecified atom stereocenters. The van der Waals surface area contributed by atoms with Crippen LogP contribution in [0.2, 0.25) is 0 Å². The van der Waals surface area contributed by atoms with Gasteiger partial charge >= 0.3 is 5.63 Å². The van der Waals surface area contributed by atoms with Crippen LogP contribution in [-0.2, 0) is 22.9 Å². The largest absolute Gasteiger partial charge is 0.507 e. The molecule has 2 aliphatic carbocycles. The molecule has 2 aromatic carbocycles. The van der Waals surface area contributed by atoms with E-state index < -0.39 is 15.6 Å². The van der Waals surface area contributed by atoms with Gasteiger partial charge in [0, 0.05) is 82.7 Å². The van der Waals surface area contributed by atoms with E-state index >= 15 is 0 Å². The summed E-state index contributed by atoms with van der Waals surface area (Å²) in [6, 6.07) is 14.6. The molecule has 38 heavy (non-hydrogen) atoms. The number of nitrogens with one attached hydrogen (secondary N) is 1. The molecular weight excluding hydrogens is 522 g/mol. The molecule has 3 aromatic rings. The van der Waals surface area contributed by atoms with Gasteiger partial charge in [0.15, 0.2) is 0 Å². The molecule has 0 aliphatic heterocycles. The summed E-state index contributed by atoms with van der Waals surface area (Å²) in [7, 11) is -3.87. The Balaban J connectivity index is 0.00000200.